The van der Waals surface area contributed by atoms with Gasteiger partial charge in [-0.1, -0.05) is 19.3 Å². The largest absolute Gasteiger partial charge is 0.351 e. The average Bonchev–Trinajstić information content (AvgIpc) is 3.29. The highest BCUT2D eigenvalue weighted by Crippen LogP contribution is 2.25. The van der Waals surface area contributed by atoms with Gasteiger partial charge in [-0.05, 0) is 25.3 Å². The summed E-state index contributed by atoms with van der Waals surface area (Å²) < 4.78 is 3.37. The maximum Gasteiger partial charge on any atom is 0.271 e. The molecule has 1 aliphatic carbocycles. The van der Waals surface area contributed by atoms with Gasteiger partial charge < -0.3 is 10.6 Å². The van der Waals surface area contributed by atoms with E-state index in [9.17, 15) is 9.59 Å². The molecule has 0 radical (unpaired) electrons. The zero-order chi connectivity index (χ0) is 18.4. The molecular formula is C18H26N6O2. The number of rotatable bonds is 7. The van der Waals surface area contributed by atoms with Crippen molar-refractivity contribution in [1.29, 1.82) is 0 Å². The van der Waals surface area contributed by atoms with E-state index in [1.807, 2.05) is 16.9 Å². The number of hydrogen-bond acceptors (Lipinski definition) is 4. The maximum atomic E-state index is 12.4. The van der Waals surface area contributed by atoms with Crippen LogP contribution in [0.1, 0.15) is 49.0 Å². The molecule has 0 spiro atoms. The van der Waals surface area contributed by atoms with Crippen LogP contribution >= 0.6 is 0 Å². The third kappa shape index (κ3) is 4.71. The highest BCUT2D eigenvalue weighted by molar-refractivity contribution is 5.96. The molecule has 0 aliphatic heterocycles. The first kappa shape index (κ1) is 18.2. The first-order valence-corrected chi connectivity index (χ1v) is 9.24. The van der Waals surface area contributed by atoms with Crippen LogP contribution in [0, 0.1) is 5.92 Å². The summed E-state index contributed by atoms with van der Waals surface area (Å²) in [6.45, 7) is 1.29. The molecule has 0 unspecified atom stereocenters. The molecule has 2 aromatic rings. The molecule has 3 rings (SSSR count). The van der Waals surface area contributed by atoms with Crippen LogP contribution < -0.4 is 10.6 Å². The minimum absolute atomic E-state index is 0.0267. The van der Waals surface area contributed by atoms with Crippen LogP contribution in [-0.4, -0.2) is 37.9 Å². The molecule has 2 heterocycles. The normalized spacial score (nSPS) is 15.0. The molecule has 1 saturated carbocycles. The van der Waals surface area contributed by atoms with Crippen molar-refractivity contribution < 1.29 is 9.59 Å². The molecule has 0 atom stereocenters. The minimum Gasteiger partial charge on any atom is -0.351 e. The Hall–Kier alpha value is -2.64. The molecule has 140 valence electrons. The van der Waals surface area contributed by atoms with Crippen molar-refractivity contribution in [1.82, 2.24) is 24.9 Å². The van der Waals surface area contributed by atoms with Crippen molar-refractivity contribution in [3.63, 3.8) is 0 Å². The van der Waals surface area contributed by atoms with Crippen LogP contribution in [0.15, 0.2) is 24.5 Å². The Morgan fingerprint density at radius 2 is 2.08 bits per heavy atom. The minimum atomic E-state index is -0.237. The second-order valence-electron chi connectivity index (χ2n) is 6.74. The monoisotopic (exact) mass is 358 g/mol. The van der Waals surface area contributed by atoms with E-state index < -0.39 is 0 Å². The van der Waals surface area contributed by atoms with Crippen LogP contribution in [0.3, 0.4) is 0 Å². The number of carbonyl (C=O) groups is 2. The Morgan fingerprint density at radius 3 is 2.81 bits per heavy atom. The van der Waals surface area contributed by atoms with Crippen molar-refractivity contribution in [2.24, 2.45) is 13.0 Å². The van der Waals surface area contributed by atoms with Crippen molar-refractivity contribution >= 4 is 17.6 Å². The van der Waals surface area contributed by atoms with Crippen molar-refractivity contribution in [2.45, 2.75) is 45.1 Å². The summed E-state index contributed by atoms with van der Waals surface area (Å²) in [5.41, 5.74) is 0.311. The van der Waals surface area contributed by atoms with E-state index in [4.69, 9.17) is 0 Å². The quantitative estimate of drug-likeness (QED) is 0.740. The van der Waals surface area contributed by atoms with Gasteiger partial charge >= 0.3 is 0 Å². The lowest BCUT2D eigenvalue weighted by Crippen LogP contribution is -2.25. The molecule has 1 fully saturated rings. The highest BCUT2D eigenvalue weighted by Gasteiger charge is 2.22. The highest BCUT2D eigenvalue weighted by atomic mass is 16.2. The smallest absolute Gasteiger partial charge is 0.271 e. The SMILES string of the molecule is Cn1nc(C(=O)NCCCn2cccn2)cc1NC(=O)C1CCCCC1. The van der Waals surface area contributed by atoms with E-state index in [-0.39, 0.29) is 17.7 Å². The summed E-state index contributed by atoms with van der Waals surface area (Å²) >= 11 is 0. The van der Waals surface area contributed by atoms with Crippen molar-refractivity contribution in [2.75, 3.05) is 11.9 Å². The third-order valence-corrected chi connectivity index (χ3v) is 4.75. The second-order valence-corrected chi connectivity index (χ2v) is 6.74. The molecule has 2 amide bonds. The number of carbonyl (C=O) groups excluding carboxylic acids is 2. The fourth-order valence-electron chi connectivity index (χ4n) is 3.25. The van der Waals surface area contributed by atoms with Gasteiger partial charge in [0.2, 0.25) is 5.91 Å². The number of nitrogens with zero attached hydrogens (tertiary/aromatic N) is 4. The average molecular weight is 358 g/mol. The van der Waals surface area contributed by atoms with Gasteiger partial charge in [-0.15, -0.1) is 0 Å². The Morgan fingerprint density at radius 1 is 1.27 bits per heavy atom. The first-order chi connectivity index (χ1) is 12.6. The maximum absolute atomic E-state index is 12.4. The molecule has 0 aromatic carbocycles. The van der Waals surface area contributed by atoms with E-state index in [1.165, 1.54) is 6.42 Å². The fourth-order valence-corrected chi connectivity index (χ4v) is 3.25. The van der Waals surface area contributed by atoms with Crippen LogP contribution in [0.2, 0.25) is 0 Å². The van der Waals surface area contributed by atoms with Crippen LogP contribution in [-0.2, 0) is 18.4 Å². The van der Waals surface area contributed by atoms with Gasteiger partial charge in [-0.2, -0.15) is 10.2 Å². The van der Waals surface area contributed by atoms with Gasteiger partial charge in [0.25, 0.3) is 5.91 Å². The predicted molar refractivity (Wildman–Crippen MR) is 97.6 cm³/mol. The van der Waals surface area contributed by atoms with E-state index in [2.05, 4.69) is 20.8 Å². The zero-order valence-electron chi connectivity index (χ0n) is 15.1. The topological polar surface area (TPSA) is 93.8 Å². The lowest BCUT2D eigenvalue weighted by molar-refractivity contribution is -0.120. The molecule has 8 heteroatoms. The van der Waals surface area contributed by atoms with Gasteiger partial charge in [0, 0.05) is 44.5 Å². The number of hydrogen-bond donors (Lipinski definition) is 2. The number of anilines is 1. The van der Waals surface area contributed by atoms with E-state index in [0.717, 1.165) is 38.6 Å². The standard InChI is InChI=1S/C18H26N6O2/c1-23-16(21-17(25)14-7-3-2-4-8-14)13-15(22-23)18(26)19-9-5-11-24-12-6-10-20-24/h6,10,12-14H,2-5,7-9,11H2,1H3,(H,19,26)(H,21,25). The molecule has 1 aliphatic rings. The van der Waals surface area contributed by atoms with Gasteiger partial charge in [0.15, 0.2) is 5.69 Å². The molecule has 26 heavy (non-hydrogen) atoms. The lowest BCUT2D eigenvalue weighted by Gasteiger charge is -2.20. The first-order valence-electron chi connectivity index (χ1n) is 9.24. The van der Waals surface area contributed by atoms with Gasteiger partial charge in [-0.25, -0.2) is 0 Å². The molecule has 2 aromatic heterocycles. The van der Waals surface area contributed by atoms with E-state index in [0.29, 0.717) is 18.1 Å². The molecule has 0 bridgehead atoms. The molecule has 2 N–H and O–H groups in total. The summed E-state index contributed by atoms with van der Waals surface area (Å²) in [4.78, 5) is 24.6. The second kappa shape index (κ2) is 8.64. The van der Waals surface area contributed by atoms with Crippen LogP contribution in [0.25, 0.3) is 0 Å². The summed E-state index contributed by atoms with van der Waals surface area (Å²) in [6, 6.07) is 3.50. The number of amides is 2. The number of nitrogens with one attached hydrogen (secondary N) is 2. The van der Waals surface area contributed by atoms with E-state index >= 15 is 0 Å². The Kier molecular flexibility index (Phi) is 6.04. The lowest BCUT2D eigenvalue weighted by atomic mass is 9.89. The van der Waals surface area contributed by atoms with E-state index in [1.54, 1.807) is 24.0 Å². The fraction of sp³-hybridized carbons (Fsp3) is 0.556. The zero-order valence-corrected chi connectivity index (χ0v) is 15.1. The molecule has 8 nitrogen and oxygen atoms in total. The van der Waals surface area contributed by atoms with Crippen LogP contribution in [0.4, 0.5) is 5.82 Å². The summed E-state index contributed by atoms with van der Waals surface area (Å²) in [5.74, 6) is 0.415. The Bertz CT molecular complexity index is 731. The van der Waals surface area contributed by atoms with Crippen molar-refractivity contribution in [3.05, 3.63) is 30.2 Å². The summed E-state index contributed by atoms with van der Waals surface area (Å²) in [7, 11) is 1.73. The van der Waals surface area contributed by atoms with Gasteiger partial charge in [0.05, 0.1) is 0 Å². The molecule has 0 saturated heterocycles. The number of aryl methyl sites for hydroxylation is 2. The van der Waals surface area contributed by atoms with Crippen molar-refractivity contribution in [3.8, 4) is 0 Å². The Labute approximate surface area is 152 Å². The number of aromatic nitrogens is 4. The summed E-state index contributed by atoms with van der Waals surface area (Å²) in [6.07, 6.45) is 9.70. The van der Waals surface area contributed by atoms with Crippen LogP contribution in [0.5, 0.6) is 0 Å². The molecular weight excluding hydrogens is 332 g/mol. The van der Waals surface area contributed by atoms with Gasteiger partial charge in [-0.3, -0.25) is 19.0 Å². The Balaban J connectivity index is 1.48. The van der Waals surface area contributed by atoms with Gasteiger partial charge in [0.1, 0.15) is 5.82 Å². The summed E-state index contributed by atoms with van der Waals surface area (Å²) in [5, 5.41) is 14.1. The predicted octanol–water partition coefficient (Wildman–Crippen LogP) is 1.96. The third-order valence-electron chi connectivity index (χ3n) is 4.75.